The van der Waals surface area contributed by atoms with Gasteiger partial charge in [-0.05, 0) is 18.9 Å². The maximum Gasteiger partial charge on any atom is 0.237 e. The number of halogens is 1. The fourth-order valence-electron chi connectivity index (χ4n) is 1.51. The molecule has 1 aliphatic rings. The number of pyridine rings is 1. The molecule has 1 atom stereocenters. The zero-order valence-corrected chi connectivity index (χ0v) is 9.04. The average molecular weight is 229 g/mol. The summed E-state index contributed by atoms with van der Waals surface area (Å²) in [5.74, 6) is 0.426. The van der Waals surface area contributed by atoms with Crippen molar-refractivity contribution in [2.75, 3.05) is 18.9 Å². The molecule has 0 aromatic carbocycles. The van der Waals surface area contributed by atoms with E-state index in [4.69, 9.17) is 26.8 Å². The van der Waals surface area contributed by atoms with Gasteiger partial charge >= 0.3 is 0 Å². The van der Waals surface area contributed by atoms with Gasteiger partial charge in [0.1, 0.15) is 6.61 Å². The van der Waals surface area contributed by atoms with Crippen LogP contribution in [0.1, 0.15) is 12.8 Å². The number of nitrogens with zero attached hydrogens (tertiary/aromatic N) is 1. The first kappa shape index (κ1) is 10.5. The van der Waals surface area contributed by atoms with Gasteiger partial charge in [0.05, 0.1) is 16.8 Å². The number of anilines is 1. The van der Waals surface area contributed by atoms with Crippen molar-refractivity contribution in [1.82, 2.24) is 4.98 Å². The summed E-state index contributed by atoms with van der Waals surface area (Å²) in [5, 5.41) is 0.511. The molecule has 15 heavy (non-hydrogen) atoms. The highest BCUT2D eigenvalue weighted by Gasteiger charge is 2.16. The molecular weight excluding hydrogens is 216 g/mol. The second-order valence-electron chi connectivity index (χ2n) is 3.49. The predicted octanol–water partition coefficient (Wildman–Crippen LogP) is 1.88. The molecule has 0 aliphatic carbocycles. The van der Waals surface area contributed by atoms with Gasteiger partial charge in [-0.25, -0.2) is 4.98 Å². The van der Waals surface area contributed by atoms with Crippen LogP contribution in [0.5, 0.6) is 5.88 Å². The number of nitrogens with two attached hydrogens (primary N) is 1. The Bertz CT molecular complexity index is 340. The van der Waals surface area contributed by atoms with Crippen molar-refractivity contribution < 1.29 is 9.47 Å². The highest BCUT2D eigenvalue weighted by molar-refractivity contribution is 6.30. The number of ether oxygens (including phenoxy) is 2. The van der Waals surface area contributed by atoms with Gasteiger partial charge in [0.25, 0.3) is 0 Å². The Morgan fingerprint density at radius 1 is 1.67 bits per heavy atom. The van der Waals surface area contributed by atoms with E-state index in [0.717, 1.165) is 19.4 Å². The number of hydrogen-bond donors (Lipinski definition) is 1. The first-order valence-corrected chi connectivity index (χ1v) is 5.29. The third-order valence-electron chi connectivity index (χ3n) is 2.28. The van der Waals surface area contributed by atoms with Gasteiger partial charge in [-0.3, -0.25) is 0 Å². The van der Waals surface area contributed by atoms with Crippen molar-refractivity contribution >= 4 is 17.3 Å². The van der Waals surface area contributed by atoms with Crippen LogP contribution in [0.4, 0.5) is 5.69 Å². The van der Waals surface area contributed by atoms with Gasteiger partial charge < -0.3 is 15.2 Å². The van der Waals surface area contributed by atoms with E-state index < -0.39 is 0 Å². The van der Waals surface area contributed by atoms with Crippen molar-refractivity contribution in [3.8, 4) is 5.88 Å². The van der Waals surface area contributed by atoms with Crippen molar-refractivity contribution in [3.63, 3.8) is 0 Å². The Hall–Kier alpha value is -1.00. The molecule has 0 bridgehead atoms. The maximum absolute atomic E-state index is 5.72. The van der Waals surface area contributed by atoms with Crippen LogP contribution < -0.4 is 10.5 Å². The fraction of sp³-hybridized carbons (Fsp3) is 0.500. The van der Waals surface area contributed by atoms with Crippen LogP contribution in [0, 0.1) is 0 Å². The second kappa shape index (κ2) is 4.68. The first-order chi connectivity index (χ1) is 7.25. The molecule has 1 fully saturated rings. The molecule has 2 rings (SSSR count). The van der Waals surface area contributed by atoms with Gasteiger partial charge in [0, 0.05) is 12.8 Å². The molecule has 0 radical (unpaired) electrons. The molecule has 5 heteroatoms. The standard InChI is InChI=1S/C10H13ClN2O2/c11-7-4-9(12)10(13-5-7)15-6-8-2-1-3-14-8/h4-5,8H,1-3,6,12H2. The average Bonchev–Trinajstić information content (AvgIpc) is 2.69. The molecule has 2 N–H and O–H groups in total. The molecule has 4 nitrogen and oxygen atoms in total. The molecule has 2 heterocycles. The topological polar surface area (TPSA) is 57.4 Å². The van der Waals surface area contributed by atoms with Gasteiger partial charge in [-0.2, -0.15) is 0 Å². The smallest absolute Gasteiger partial charge is 0.237 e. The third-order valence-corrected chi connectivity index (χ3v) is 2.48. The maximum atomic E-state index is 5.72. The van der Waals surface area contributed by atoms with Crippen molar-refractivity contribution in [3.05, 3.63) is 17.3 Å². The number of aromatic nitrogens is 1. The molecular formula is C10H13ClN2O2. The summed E-state index contributed by atoms with van der Waals surface area (Å²) < 4.78 is 10.9. The van der Waals surface area contributed by atoms with Crippen molar-refractivity contribution in [2.24, 2.45) is 0 Å². The van der Waals surface area contributed by atoms with Gasteiger partial charge in [-0.1, -0.05) is 11.6 Å². The lowest BCUT2D eigenvalue weighted by atomic mass is 10.2. The predicted molar refractivity (Wildman–Crippen MR) is 58.1 cm³/mol. The monoisotopic (exact) mass is 228 g/mol. The minimum Gasteiger partial charge on any atom is -0.473 e. The zero-order valence-electron chi connectivity index (χ0n) is 8.28. The third kappa shape index (κ3) is 2.73. The fourth-order valence-corrected chi connectivity index (χ4v) is 1.68. The van der Waals surface area contributed by atoms with Gasteiger partial charge in [0.2, 0.25) is 5.88 Å². The van der Waals surface area contributed by atoms with Crippen LogP contribution in [-0.4, -0.2) is 24.3 Å². The Kier molecular flexibility index (Phi) is 3.28. The lowest BCUT2D eigenvalue weighted by Gasteiger charge is -2.11. The summed E-state index contributed by atoms with van der Waals surface area (Å²) in [4.78, 5) is 4.00. The molecule has 0 saturated carbocycles. The van der Waals surface area contributed by atoms with Crippen LogP contribution in [-0.2, 0) is 4.74 Å². The van der Waals surface area contributed by atoms with E-state index in [9.17, 15) is 0 Å². The Labute approximate surface area is 93.3 Å². The number of rotatable bonds is 3. The normalized spacial score (nSPS) is 20.5. The molecule has 1 aliphatic heterocycles. The molecule has 0 amide bonds. The molecule has 1 aromatic rings. The summed E-state index contributed by atoms with van der Waals surface area (Å²) in [6.07, 6.45) is 3.82. The summed E-state index contributed by atoms with van der Waals surface area (Å²) in [7, 11) is 0. The van der Waals surface area contributed by atoms with Crippen LogP contribution >= 0.6 is 11.6 Å². The minimum atomic E-state index is 0.168. The Morgan fingerprint density at radius 3 is 3.20 bits per heavy atom. The van der Waals surface area contributed by atoms with E-state index in [2.05, 4.69) is 4.98 Å². The Morgan fingerprint density at radius 2 is 2.53 bits per heavy atom. The van der Waals surface area contributed by atoms with E-state index in [-0.39, 0.29) is 6.10 Å². The first-order valence-electron chi connectivity index (χ1n) is 4.91. The summed E-state index contributed by atoms with van der Waals surface area (Å²) in [5.41, 5.74) is 6.15. The Balaban J connectivity index is 1.92. The van der Waals surface area contributed by atoms with Crippen LogP contribution in [0.3, 0.4) is 0 Å². The van der Waals surface area contributed by atoms with E-state index >= 15 is 0 Å². The van der Waals surface area contributed by atoms with Crippen LogP contribution in [0.2, 0.25) is 5.02 Å². The summed E-state index contributed by atoms with van der Waals surface area (Å²) in [6.45, 7) is 1.32. The minimum absolute atomic E-state index is 0.168. The highest BCUT2D eigenvalue weighted by atomic mass is 35.5. The van der Waals surface area contributed by atoms with Gasteiger partial charge in [-0.15, -0.1) is 0 Å². The van der Waals surface area contributed by atoms with E-state index in [1.807, 2.05) is 0 Å². The van der Waals surface area contributed by atoms with Crippen LogP contribution in [0.25, 0.3) is 0 Å². The number of hydrogen-bond acceptors (Lipinski definition) is 4. The lowest BCUT2D eigenvalue weighted by molar-refractivity contribution is 0.0666. The highest BCUT2D eigenvalue weighted by Crippen LogP contribution is 2.22. The van der Waals surface area contributed by atoms with E-state index in [1.54, 1.807) is 6.07 Å². The molecule has 1 aromatic heterocycles. The summed E-state index contributed by atoms with van der Waals surface area (Å²) >= 11 is 5.72. The van der Waals surface area contributed by atoms with E-state index in [0.29, 0.717) is 23.2 Å². The molecule has 1 unspecified atom stereocenters. The van der Waals surface area contributed by atoms with Crippen molar-refractivity contribution in [1.29, 1.82) is 0 Å². The number of nitrogen functional groups attached to an aromatic ring is 1. The van der Waals surface area contributed by atoms with Crippen molar-refractivity contribution in [2.45, 2.75) is 18.9 Å². The second-order valence-corrected chi connectivity index (χ2v) is 3.93. The SMILES string of the molecule is Nc1cc(Cl)cnc1OCC1CCCO1. The summed E-state index contributed by atoms with van der Waals surface area (Å²) in [6, 6.07) is 1.62. The van der Waals surface area contributed by atoms with Gasteiger partial charge in [0.15, 0.2) is 0 Å². The molecule has 82 valence electrons. The zero-order chi connectivity index (χ0) is 10.7. The van der Waals surface area contributed by atoms with E-state index in [1.165, 1.54) is 6.20 Å². The quantitative estimate of drug-likeness (QED) is 0.858. The largest absolute Gasteiger partial charge is 0.473 e. The molecule has 1 saturated heterocycles. The molecule has 0 spiro atoms. The lowest BCUT2D eigenvalue weighted by Crippen LogP contribution is -2.17. The van der Waals surface area contributed by atoms with Crippen LogP contribution in [0.15, 0.2) is 12.3 Å².